The highest BCUT2D eigenvalue weighted by Gasteiger charge is 2.41. The van der Waals surface area contributed by atoms with Crippen LogP contribution in [0.2, 0.25) is 5.02 Å². The van der Waals surface area contributed by atoms with Crippen LogP contribution < -0.4 is 5.32 Å². The molecule has 3 nitrogen and oxygen atoms in total. The zero-order valence-electron chi connectivity index (χ0n) is 8.46. The Hall–Kier alpha value is -0.870. The average Bonchev–Trinajstić information content (AvgIpc) is 2.46. The van der Waals surface area contributed by atoms with Crippen molar-refractivity contribution in [3.05, 3.63) is 34.3 Å². The lowest BCUT2D eigenvalue weighted by molar-refractivity contribution is -0.125. The van der Waals surface area contributed by atoms with Crippen molar-refractivity contribution in [1.29, 1.82) is 0 Å². The molecule has 0 aliphatic carbocycles. The smallest absolute Gasteiger partial charge is 0.241 e. The highest BCUT2D eigenvalue weighted by Crippen LogP contribution is 2.34. The van der Waals surface area contributed by atoms with Crippen LogP contribution in [0.15, 0.2) is 18.2 Å². The maximum absolute atomic E-state index is 11.6. The maximum Gasteiger partial charge on any atom is 0.241 e. The predicted molar refractivity (Wildman–Crippen MR) is 64.8 cm³/mol. The number of halogens is 2. The van der Waals surface area contributed by atoms with E-state index in [9.17, 15) is 9.59 Å². The van der Waals surface area contributed by atoms with E-state index in [1.165, 1.54) is 0 Å². The molecule has 0 radical (unpaired) electrons. The Balaban J connectivity index is 2.48. The molecule has 5 heteroatoms. The summed E-state index contributed by atoms with van der Waals surface area (Å²) in [6, 6.07) is 5.44. The van der Waals surface area contributed by atoms with E-state index >= 15 is 0 Å². The number of imide groups is 1. The van der Waals surface area contributed by atoms with Gasteiger partial charge in [-0.05, 0) is 18.6 Å². The minimum absolute atomic E-state index is 0.306. The Morgan fingerprint density at radius 2 is 2.00 bits per heavy atom. The van der Waals surface area contributed by atoms with Crippen molar-refractivity contribution in [2.45, 2.75) is 17.7 Å². The van der Waals surface area contributed by atoms with Crippen molar-refractivity contribution in [2.24, 2.45) is 0 Å². The van der Waals surface area contributed by atoms with Crippen LogP contribution in [-0.2, 0) is 9.59 Å². The first-order valence-electron chi connectivity index (χ1n) is 4.75. The zero-order valence-corrected chi connectivity index (χ0v) is 10.8. The Bertz CT molecular complexity index is 475. The van der Waals surface area contributed by atoms with Crippen LogP contribution in [0.4, 0.5) is 0 Å². The number of hydrogen-bond acceptors (Lipinski definition) is 2. The van der Waals surface area contributed by atoms with Gasteiger partial charge in [0.25, 0.3) is 0 Å². The fraction of sp³-hybridized carbons (Fsp3) is 0.273. The summed E-state index contributed by atoms with van der Waals surface area (Å²) in [6.07, 6.45) is 0. The quantitative estimate of drug-likeness (QED) is 0.638. The Labute approximate surface area is 106 Å². The third-order valence-corrected chi connectivity index (χ3v) is 3.85. The minimum Gasteiger partial charge on any atom is -0.295 e. The van der Waals surface area contributed by atoms with Crippen LogP contribution in [0.5, 0.6) is 0 Å². The highest BCUT2D eigenvalue weighted by atomic mass is 79.9. The summed E-state index contributed by atoms with van der Waals surface area (Å²) >= 11 is 9.26. The average molecular weight is 303 g/mol. The SMILES string of the molecule is Cc1ccc(Cl)c(C2C(=O)NC(=O)C2Br)c1. The highest BCUT2D eigenvalue weighted by molar-refractivity contribution is 9.10. The second-order valence-corrected chi connectivity index (χ2v) is 5.15. The monoisotopic (exact) mass is 301 g/mol. The van der Waals surface area contributed by atoms with Gasteiger partial charge in [-0.15, -0.1) is 0 Å². The summed E-state index contributed by atoms with van der Waals surface area (Å²) in [5.74, 6) is -1.16. The fourth-order valence-electron chi connectivity index (χ4n) is 1.75. The third kappa shape index (κ3) is 1.87. The number of aryl methyl sites for hydroxylation is 1. The summed E-state index contributed by atoms with van der Waals surface area (Å²) < 4.78 is 0. The van der Waals surface area contributed by atoms with Gasteiger partial charge in [0.2, 0.25) is 11.8 Å². The molecule has 0 saturated carbocycles. The lowest BCUT2D eigenvalue weighted by atomic mass is 9.96. The van der Waals surface area contributed by atoms with E-state index in [-0.39, 0.29) is 11.8 Å². The van der Waals surface area contributed by atoms with Gasteiger partial charge >= 0.3 is 0 Å². The Kier molecular flexibility index (Phi) is 3.04. The molecule has 0 bridgehead atoms. The number of alkyl halides is 1. The van der Waals surface area contributed by atoms with E-state index in [0.29, 0.717) is 10.6 Å². The summed E-state index contributed by atoms with van der Waals surface area (Å²) in [5.41, 5.74) is 1.69. The van der Waals surface area contributed by atoms with Crippen molar-refractivity contribution >= 4 is 39.3 Å². The van der Waals surface area contributed by atoms with Crippen molar-refractivity contribution in [3.8, 4) is 0 Å². The van der Waals surface area contributed by atoms with Gasteiger partial charge < -0.3 is 0 Å². The molecular weight excluding hydrogens is 293 g/mol. The minimum atomic E-state index is -0.542. The van der Waals surface area contributed by atoms with Gasteiger partial charge in [0, 0.05) is 5.02 Å². The first-order valence-corrected chi connectivity index (χ1v) is 6.05. The molecule has 1 aromatic carbocycles. The molecule has 1 aliphatic heterocycles. The Morgan fingerprint density at radius 1 is 1.31 bits per heavy atom. The summed E-state index contributed by atoms with van der Waals surface area (Å²) in [6.45, 7) is 1.91. The van der Waals surface area contributed by atoms with Gasteiger partial charge in [-0.1, -0.05) is 45.2 Å². The van der Waals surface area contributed by atoms with Gasteiger partial charge in [0.15, 0.2) is 0 Å². The van der Waals surface area contributed by atoms with E-state index in [1.54, 1.807) is 6.07 Å². The standard InChI is InChI=1S/C11H9BrClNO2/c1-5-2-3-7(13)6(4-5)8-9(12)11(16)14-10(8)15/h2-4,8-9H,1H3,(H,14,15,16). The molecule has 1 aromatic rings. The number of carbonyl (C=O) groups is 2. The van der Waals surface area contributed by atoms with Gasteiger partial charge in [0.1, 0.15) is 4.83 Å². The number of benzene rings is 1. The van der Waals surface area contributed by atoms with E-state index in [0.717, 1.165) is 5.56 Å². The third-order valence-electron chi connectivity index (χ3n) is 2.56. The van der Waals surface area contributed by atoms with Gasteiger partial charge in [-0.25, -0.2) is 0 Å². The zero-order chi connectivity index (χ0) is 11.9. The van der Waals surface area contributed by atoms with Gasteiger partial charge in [-0.3, -0.25) is 14.9 Å². The van der Waals surface area contributed by atoms with Crippen LogP contribution >= 0.6 is 27.5 Å². The molecule has 2 amide bonds. The molecule has 16 heavy (non-hydrogen) atoms. The lowest BCUT2D eigenvalue weighted by Gasteiger charge is -2.12. The normalized spacial score (nSPS) is 24.7. The van der Waals surface area contributed by atoms with Crippen molar-refractivity contribution in [1.82, 2.24) is 5.32 Å². The predicted octanol–water partition coefficient (Wildman–Crippen LogP) is 2.15. The topological polar surface area (TPSA) is 46.2 Å². The number of nitrogens with one attached hydrogen (secondary N) is 1. The second-order valence-electron chi connectivity index (χ2n) is 3.76. The molecule has 0 aromatic heterocycles. The van der Waals surface area contributed by atoms with Crippen LogP contribution in [0.1, 0.15) is 17.0 Å². The molecule has 1 saturated heterocycles. The molecule has 2 unspecified atom stereocenters. The lowest BCUT2D eigenvalue weighted by Crippen LogP contribution is -2.22. The second kappa shape index (κ2) is 4.18. The molecule has 2 rings (SSSR count). The largest absolute Gasteiger partial charge is 0.295 e. The first kappa shape index (κ1) is 11.6. The molecule has 2 atom stereocenters. The molecule has 1 aliphatic rings. The molecule has 84 valence electrons. The molecule has 0 spiro atoms. The van der Waals surface area contributed by atoms with Crippen molar-refractivity contribution in [2.75, 3.05) is 0 Å². The Morgan fingerprint density at radius 3 is 2.56 bits per heavy atom. The van der Waals surface area contributed by atoms with E-state index < -0.39 is 10.7 Å². The number of hydrogen-bond donors (Lipinski definition) is 1. The van der Waals surface area contributed by atoms with Crippen LogP contribution in [0.3, 0.4) is 0 Å². The maximum atomic E-state index is 11.6. The molecule has 1 heterocycles. The molecular formula is C11H9BrClNO2. The number of amides is 2. The van der Waals surface area contributed by atoms with E-state index in [4.69, 9.17) is 11.6 Å². The summed E-state index contributed by atoms with van der Waals surface area (Å²) in [5, 5.41) is 2.78. The number of rotatable bonds is 1. The van der Waals surface area contributed by atoms with Crippen LogP contribution in [-0.4, -0.2) is 16.6 Å². The van der Waals surface area contributed by atoms with Gasteiger partial charge in [-0.2, -0.15) is 0 Å². The van der Waals surface area contributed by atoms with Gasteiger partial charge in [0.05, 0.1) is 5.92 Å². The van der Waals surface area contributed by atoms with E-state index in [1.807, 2.05) is 19.1 Å². The molecule has 1 N–H and O–H groups in total. The molecule has 1 fully saturated rings. The van der Waals surface area contributed by atoms with Crippen LogP contribution in [0.25, 0.3) is 0 Å². The van der Waals surface area contributed by atoms with E-state index in [2.05, 4.69) is 21.2 Å². The summed E-state index contributed by atoms with van der Waals surface area (Å²) in [7, 11) is 0. The number of carbonyl (C=O) groups excluding carboxylic acids is 2. The first-order chi connectivity index (χ1) is 7.50. The summed E-state index contributed by atoms with van der Waals surface area (Å²) in [4.78, 5) is 22.4. The fourth-order valence-corrected chi connectivity index (χ4v) is 2.63. The van der Waals surface area contributed by atoms with Crippen molar-refractivity contribution < 1.29 is 9.59 Å². The van der Waals surface area contributed by atoms with Crippen LogP contribution in [0, 0.1) is 6.92 Å². The van der Waals surface area contributed by atoms with Crippen molar-refractivity contribution in [3.63, 3.8) is 0 Å².